The van der Waals surface area contributed by atoms with Crippen LogP contribution in [0, 0.1) is 11.3 Å². The van der Waals surface area contributed by atoms with Gasteiger partial charge in [-0.1, -0.05) is 26.2 Å². The van der Waals surface area contributed by atoms with Crippen molar-refractivity contribution in [3.8, 4) is 0 Å². The molecule has 10 heavy (non-hydrogen) atoms. The first-order valence-corrected chi connectivity index (χ1v) is 4.32. The number of carbonyl (C=O) groups is 1. The second kappa shape index (κ2) is 1.84. The molecular weight excluding hydrogens is 124 g/mol. The Morgan fingerprint density at radius 3 is 2.10 bits per heavy atom. The molecule has 2 aliphatic rings. The molecule has 0 aliphatic heterocycles. The average Bonchev–Trinajstić information content (AvgIpc) is 2.45. The third-order valence-corrected chi connectivity index (χ3v) is 3.38. The van der Waals surface area contributed by atoms with Crippen LogP contribution in [-0.4, -0.2) is 5.78 Å². The van der Waals surface area contributed by atoms with Crippen LogP contribution in [0.25, 0.3) is 0 Å². The van der Waals surface area contributed by atoms with Crippen LogP contribution >= 0.6 is 0 Å². The molecule has 0 saturated heterocycles. The van der Waals surface area contributed by atoms with Gasteiger partial charge in [0.2, 0.25) is 0 Å². The maximum atomic E-state index is 11.2. The van der Waals surface area contributed by atoms with Crippen molar-refractivity contribution < 1.29 is 4.79 Å². The van der Waals surface area contributed by atoms with Crippen LogP contribution in [-0.2, 0) is 4.79 Å². The smallest absolute Gasteiger partial charge is 0.143 e. The molecular formula is C9H14O. The van der Waals surface area contributed by atoms with Crippen molar-refractivity contribution in [1.82, 2.24) is 0 Å². The molecule has 2 aliphatic carbocycles. The molecule has 0 aromatic heterocycles. The van der Waals surface area contributed by atoms with E-state index in [2.05, 4.69) is 6.92 Å². The molecule has 0 heterocycles. The minimum atomic E-state index is 0.207. The summed E-state index contributed by atoms with van der Waals surface area (Å²) in [6, 6.07) is 0. The molecule has 1 spiro atoms. The van der Waals surface area contributed by atoms with Crippen LogP contribution in [0.5, 0.6) is 0 Å². The van der Waals surface area contributed by atoms with Gasteiger partial charge in [-0.3, -0.25) is 4.79 Å². The number of Topliss-reactive ketones (excluding diaryl/α,β-unsaturated/α-hetero) is 1. The Hall–Kier alpha value is -0.330. The van der Waals surface area contributed by atoms with Crippen molar-refractivity contribution in [2.75, 3.05) is 0 Å². The van der Waals surface area contributed by atoms with E-state index in [1.807, 2.05) is 0 Å². The van der Waals surface area contributed by atoms with E-state index in [-0.39, 0.29) is 5.41 Å². The Morgan fingerprint density at radius 2 is 1.80 bits per heavy atom. The minimum Gasteiger partial charge on any atom is -0.299 e. The summed E-state index contributed by atoms with van der Waals surface area (Å²) >= 11 is 0. The van der Waals surface area contributed by atoms with E-state index in [4.69, 9.17) is 0 Å². The average molecular weight is 138 g/mol. The summed E-state index contributed by atoms with van der Waals surface area (Å²) in [4.78, 5) is 11.2. The standard InChI is InChI=1S/C9H14O/c1-7-8(10)9(7)5-3-2-4-6-9/h7H,2-6H2,1H3. The van der Waals surface area contributed by atoms with E-state index >= 15 is 0 Å². The molecule has 56 valence electrons. The first-order valence-electron chi connectivity index (χ1n) is 4.32. The van der Waals surface area contributed by atoms with Gasteiger partial charge in [-0.05, 0) is 12.8 Å². The summed E-state index contributed by atoms with van der Waals surface area (Å²) in [7, 11) is 0. The second-order valence-electron chi connectivity index (χ2n) is 3.80. The van der Waals surface area contributed by atoms with Crippen LogP contribution in [0.2, 0.25) is 0 Å². The van der Waals surface area contributed by atoms with Gasteiger partial charge in [-0.2, -0.15) is 0 Å². The third-order valence-electron chi connectivity index (χ3n) is 3.38. The lowest BCUT2D eigenvalue weighted by Crippen LogP contribution is -2.10. The van der Waals surface area contributed by atoms with E-state index in [0.29, 0.717) is 11.7 Å². The first kappa shape index (κ1) is 6.38. The molecule has 2 fully saturated rings. The van der Waals surface area contributed by atoms with E-state index < -0.39 is 0 Å². The summed E-state index contributed by atoms with van der Waals surface area (Å²) in [5.74, 6) is 0.958. The molecule has 1 unspecified atom stereocenters. The van der Waals surface area contributed by atoms with Crippen molar-refractivity contribution >= 4 is 5.78 Å². The van der Waals surface area contributed by atoms with Gasteiger partial charge in [-0.15, -0.1) is 0 Å². The zero-order chi connectivity index (χ0) is 7.19. The lowest BCUT2D eigenvalue weighted by Gasteiger charge is -2.18. The molecule has 1 atom stereocenters. The van der Waals surface area contributed by atoms with Gasteiger partial charge in [0.15, 0.2) is 0 Å². The predicted octanol–water partition coefficient (Wildman–Crippen LogP) is 2.16. The van der Waals surface area contributed by atoms with Crippen molar-refractivity contribution in [3.05, 3.63) is 0 Å². The van der Waals surface area contributed by atoms with Crippen molar-refractivity contribution in [1.29, 1.82) is 0 Å². The van der Waals surface area contributed by atoms with Crippen LogP contribution < -0.4 is 0 Å². The minimum absolute atomic E-state index is 0.207. The fourth-order valence-corrected chi connectivity index (χ4v) is 2.42. The van der Waals surface area contributed by atoms with E-state index in [1.165, 1.54) is 32.1 Å². The second-order valence-corrected chi connectivity index (χ2v) is 3.80. The van der Waals surface area contributed by atoms with Gasteiger partial charge in [0.25, 0.3) is 0 Å². The Balaban J connectivity index is 2.10. The quantitative estimate of drug-likeness (QED) is 0.501. The maximum absolute atomic E-state index is 11.2. The lowest BCUT2D eigenvalue weighted by molar-refractivity contribution is -0.114. The normalized spacial score (nSPS) is 36.5. The summed E-state index contributed by atoms with van der Waals surface area (Å²) in [5, 5.41) is 0. The molecule has 0 bridgehead atoms. The number of ketones is 1. The Morgan fingerprint density at radius 1 is 1.30 bits per heavy atom. The summed E-state index contributed by atoms with van der Waals surface area (Å²) in [5.41, 5.74) is 0.207. The van der Waals surface area contributed by atoms with Crippen LogP contribution in [0.1, 0.15) is 39.0 Å². The summed E-state index contributed by atoms with van der Waals surface area (Å²) < 4.78 is 0. The topological polar surface area (TPSA) is 17.1 Å². The van der Waals surface area contributed by atoms with E-state index in [1.54, 1.807) is 0 Å². The zero-order valence-corrected chi connectivity index (χ0v) is 6.52. The molecule has 0 aromatic carbocycles. The third kappa shape index (κ3) is 0.609. The number of carbonyl (C=O) groups excluding carboxylic acids is 1. The number of hydrogen-bond acceptors (Lipinski definition) is 1. The highest BCUT2D eigenvalue weighted by Crippen LogP contribution is 2.57. The maximum Gasteiger partial charge on any atom is 0.143 e. The SMILES string of the molecule is CC1C(=O)C12CCCCC2. The molecule has 0 N–H and O–H groups in total. The Kier molecular flexibility index (Phi) is 1.17. The van der Waals surface area contributed by atoms with Gasteiger partial charge < -0.3 is 0 Å². The van der Waals surface area contributed by atoms with Gasteiger partial charge >= 0.3 is 0 Å². The molecule has 1 nitrogen and oxygen atoms in total. The van der Waals surface area contributed by atoms with E-state index in [0.717, 1.165) is 0 Å². The number of hydrogen-bond donors (Lipinski definition) is 0. The monoisotopic (exact) mass is 138 g/mol. The fourth-order valence-electron chi connectivity index (χ4n) is 2.42. The molecule has 2 rings (SSSR count). The van der Waals surface area contributed by atoms with E-state index in [9.17, 15) is 4.79 Å². The highest BCUT2D eigenvalue weighted by atomic mass is 16.1. The van der Waals surface area contributed by atoms with Crippen LogP contribution in [0.15, 0.2) is 0 Å². The number of rotatable bonds is 0. The first-order chi connectivity index (χ1) is 4.77. The molecule has 0 radical (unpaired) electrons. The summed E-state index contributed by atoms with van der Waals surface area (Å²) in [6.45, 7) is 2.09. The fraction of sp³-hybridized carbons (Fsp3) is 0.889. The predicted molar refractivity (Wildman–Crippen MR) is 39.7 cm³/mol. The molecule has 0 aromatic rings. The highest BCUT2D eigenvalue weighted by molar-refractivity contribution is 6.03. The molecule has 2 saturated carbocycles. The van der Waals surface area contributed by atoms with Gasteiger partial charge in [0.1, 0.15) is 5.78 Å². The zero-order valence-electron chi connectivity index (χ0n) is 6.52. The highest BCUT2D eigenvalue weighted by Gasteiger charge is 2.60. The van der Waals surface area contributed by atoms with Crippen molar-refractivity contribution in [2.45, 2.75) is 39.0 Å². The van der Waals surface area contributed by atoms with Crippen molar-refractivity contribution in [2.24, 2.45) is 11.3 Å². The van der Waals surface area contributed by atoms with Crippen LogP contribution in [0.4, 0.5) is 0 Å². The largest absolute Gasteiger partial charge is 0.299 e. The Bertz CT molecular complexity index is 166. The molecule has 1 heteroatoms. The van der Waals surface area contributed by atoms with Gasteiger partial charge in [0, 0.05) is 11.3 Å². The van der Waals surface area contributed by atoms with Crippen molar-refractivity contribution in [3.63, 3.8) is 0 Å². The summed E-state index contributed by atoms with van der Waals surface area (Å²) in [6.07, 6.45) is 6.30. The molecule has 0 amide bonds. The van der Waals surface area contributed by atoms with Crippen LogP contribution in [0.3, 0.4) is 0 Å². The lowest BCUT2D eigenvalue weighted by atomic mass is 9.85. The Labute approximate surface area is 61.8 Å². The van der Waals surface area contributed by atoms with Gasteiger partial charge in [-0.25, -0.2) is 0 Å². The van der Waals surface area contributed by atoms with Gasteiger partial charge in [0.05, 0.1) is 0 Å².